The van der Waals surface area contributed by atoms with Crippen LogP contribution in [-0.2, 0) is 12.6 Å². The first kappa shape index (κ1) is 18.4. The SMILES string of the molecule is Cn1nc(C(=O)N2CCC(O)(c3ccccc3)C3CCCCC32)c2ccccc21. The molecule has 2 aliphatic rings. The van der Waals surface area contributed by atoms with Gasteiger partial charge in [-0.05, 0) is 30.9 Å². The summed E-state index contributed by atoms with van der Waals surface area (Å²) in [6, 6.07) is 17.9. The zero-order chi connectivity index (χ0) is 20.0. The summed E-state index contributed by atoms with van der Waals surface area (Å²) in [6.07, 6.45) is 4.65. The standard InChI is InChI=1S/C24H27N3O2/c1-26-20-13-7-5-11-18(20)22(25-26)23(28)27-16-15-24(29,17-9-3-2-4-10-17)19-12-6-8-14-21(19)27/h2-5,7,9-11,13,19,21,29H,6,8,12,14-16H2,1H3. The lowest BCUT2D eigenvalue weighted by atomic mass is 9.66. The Kier molecular flexibility index (Phi) is 4.43. The van der Waals surface area contributed by atoms with E-state index in [0.29, 0.717) is 18.7 Å². The highest BCUT2D eigenvalue weighted by Gasteiger charge is 2.50. The van der Waals surface area contributed by atoms with Crippen LogP contribution in [0.3, 0.4) is 0 Å². The molecule has 1 saturated heterocycles. The highest BCUT2D eigenvalue weighted by molar-refractivity contribution is 6.05. The Bertz CT molecular complexity index is 1040. The number of likely N-dealkylation sites (tertiary alicyclic amines) is 1. The molecular weight excluding hydrogens is 362 g/mol. The van der Waals surface area contributed by atoms with Gasteiger partial charge in [-0.1, -0.05) is 61.4 Å². The van der Waals surface area contributed by atoms with Crippen molar-refractivity contribution in [3.05, 3.63) is 65.9 Å². The maximum atomic E-state index is 13.6. The minimum Gasteiger partial charge on any atom is -0.385 e. The number of fused-ring (bicyclic) bond motifs is 2. The van der Waals surface area contributed by atoms with E-state index >= 15 is 0 Å². The first-order valence-electron chi connectivity index (χ1n) is 10.6. The van der Waals surface area contributed by atoms with Crippen molar-refractivity contribution in [1.29, 1.82) is 0 Å². The molecule has 2 heterocycles. The largest absolute Gasteiger partial charge is 0.385 e. The second-order valence-electron chi connectivity index (χ2n) is 8.49. The molecule has 2 fully saturated rings. The molecule has 1 aromatic heterocycles. The minimum atomic E-state index is -0.866. The molecule has 1 aliphatic carbocycles. The summed E-state index contributed by atoms with van der Waals surface area (Å²) >= 11 is 0. The van der Waals surface area contributed by atoms with Crippen molar-refractivity contribution in [2.24, 2.45) is 13.0 Å². The molecule has 3 atom stereocenters. The van der Waals surface area contributed by atoms with Crippen LogP contribution >= 0.6 is 0 Å². The number of aryl methyl sites for hydroxylation is 1. The van der Waals surface area contributed by atoms with Crippen molar-refractivity contribution in [3.63, 3.8) is 0 Å². The number of hydrogen-bond donors (Lipinski definition) is 1. The number of piperidine rings is 1. The fourth-order valence-electron chi connectivity index (χ4n) is 5.53. The third kappa shape index (κ3) is 2.87. The molecule has 5 nitrogen and oxygen atoms in total. The van der Waals surface area contributed by atoms with Crippen molar-refractivity contribution < 1.29 is 9.90 Å². The molecule has 150 valence electrons. The second-order valence-corrected chi connectivity index (χ2v) is 8.49. The van der Waals surface area contributed by atoms with Gasteiger partial charge in [0.1, 0.15) is 0 Å². The molecule has 29 heavy (non-hydrogen) atoms. The minimum absolute atomic E-state index is 0.00573. The number of aromatic nitrogens is 2. The Balaban J connectivity index is 1.51. The van der Waals surface area contributed by atoms with Crippen LogP contribution in [-0.4, -0.2) is 38.3 Å². The molecule has 3 aromatic rings. The number of para-hydroxylation sites is 1. The fourth-order valence-corrected chi connectivity index (χ4v) is 5.53. The van der Waals surface area contributed by atoms with Crippen LogP contribution in [0.2, 0.25) is 0 Å². The highest BCUT2D eigenvalue weighted by Crippen LogP contribution is 2.47. The molecule has 1 aliphatic heterocycles. The molecule has 2 aromatic carbocycles. The number of amides is 1. The number of carbonyl (C=O) groups is 1. The zero-order valence-corrected chi connectivity index (χ0v) is 16.8. The maximum absolute atomic E-state index is 13.6. The number of benzene rings is 2. The number of carbonyl (C=O) groups excluding carboxylic acids is 1. The number of aliphatic hydroxyl groups is 1. The molecule has 5 heteroatoms. The Labute approximate surface area is 170 Å². The molecule has 0 bridgehead atoms. The molecular formula is C24H27N3O2. The molecule has 3 unspecified atom stereocenters. The van der Waals surface area contributed by atoms with Crippen LogP contribution in [0, 0.1) is 5.92 Å². The van der Waals surface area contributed by atoms with E-state index in [2.05, 4.69) is 5.10 Å². The van der Waals surface area contributed by atoms with Gasteiger partial charge in [-0.25, -0.2) is 0 Å². The van der Waals surface area contributed by atoms with Gasteiger partial charge in [0, 0.05) is 30.9 Å². The summed E-state index contributed by atoms with van der Waals surface area (Å²) in [5.41, 5.74) is 1.61. The third-order valence-corrected chi connectivity index (χ3v) is 6.97. The lowest BCUT2D eigenvalue weighted by Crippen LogP contribution is -2.59. The average Bonchev–Trinajstić information content (AvgIpc) is 3.11. The van der Waals surface area contributed by atoms with Gasteiger partial charge < -0.3 is 10.0 Å². The summed E-state index contributed by atoms with van der Waals surface area (Å²) in [6.45, 7) is 0.552. The number of rotatable bonds is 2. The molecule has 0 spiro atoms. The smallest absolute Gasteiger partial charge is 0.275 e. The van der Waals surface area contributed by atoms with Crippen molar-refractivity contribution in [1.82, 2.24) is 14.7 Å². The highest BCUT2D eigenvalue weighted by atomic mass is 16.3. The van der Waals surface area contributed by atoms with E-state index in [1.54, 1.807) is 4.68 Å². The molecule has 1 saturated carbocycles. The Morgan fingerprint density at radius 3 is 2.62 bits per heavy atom. The van der Waals surface area contributed by atoms with Gasteiger partial charge >= 0.3 is 0 Å². The van der Waals surface area contributed by atoms with E-state index in [1.165, 1.54) is 0 Å². The van der Waals surface area contributed by atoms with E-state index in [0.717, 1.165) is 42.1 Å². The second kappa shape index (κ2) is 6.99. The first-order chi connectivity index (χ1) is 14.1. The quantitative estimate of drug-likeness (QED) is 0.724. The molecule has 5 rings (SSSR count). The van der Waals surface area contributed by atoms with Crippen LogP contribution in [0.15, 0.2) is 54.6 Å². The van der Waals surface area contributed by atoms with Gasteiger partial charge in [0.05, 0.1) is 11.1 Å². The lowest BCUT2D eigenvalue weighted by molar-refractivity contribution is -0.110. The topological polar surface area (TPSA) is 58.4 Å². The van der Waals surface area contributed by atoms with Gasteiger partial charge in [-0.2, -0.15) is 5.10 Å². The summed E-state index contributed by atoms with van der Waals surface area (Å²) in [5.74, 6) is 0.0557. The third-order valence-electron chi connectivity index (χ3n) is 6.97. The maximum Gasteiger partial charge on any atom is 0.275 e. The summed E-state index contributed by atoms with van der Waals surface area (Å²) in [5, 5.41) is 17.2. The number of nitrogens with zero attached hydrogens (tertiary/aromatic N) is 3. The fraction of sp³-hybridized carbons (Fsp3) is 0.417. The Morgan fingerprint density at radius 2 is 1.79 bits per heavy atom. The van der Waals surface area contributed by atoms with E-state index in [4.69, 9.17) is 0 Å². The number of hydrogen-bond acceptors (Lipinski definition) is 3. The lowest BCUT2D eigenvalue weighted by Gasteiger charge is -2.52. The van der Waals surface area contributed by atoms with Crippen LogP contribution < -0.4 is 0 Å². The summed E-state index contributed by atoms with van der Waals surface area (Å²) in [4.78, 5) is 15.6. The zero-order valence-electron chi connectivity index (χ0n) is 16.8. The molecule has 1 N–H and O–H groups in total. The van der Waals surface area contributed by atoms with Gasteiger partial charge in [0.15, 0.2) is 5.69 Å². The van der Waals surface area contributed by atoms with Crippen LogP contribution in [0.1, 0.15) is 48.2 Å². The van der Waals surface area contributed by atoms with Crippen molar-refractivity contribution in [3.8, 4) is 0 Å². The van der Waals surface area contributed by atoms with Crippen molar-refractivity contribution >= 4 is 16.8 Å². The van der Waals surface area contributed by atoms with Crippen LogP contribution in [0.5, 0.6) is 0 Å². The van der Waals surface area contributed by atoms with Crippen LogP contribution in [0.4, 0.5) is 0 Å². The van der Waals surface area contributed by atoms with Crippen LogP contribution in [0.25, 0.3) is 10.9 Å². The first-order valence-corrected chi connectivity index (χ1v) is 10.6. The van der Waals surface area contributed by atoms with E-state index < -0.39 is 5.60 Å². The molecule has 0 radical (unpaired) electrons. The van der Waals surface area contributed by atoms with Gasteiger partial charge in [-0.15, -0.1) is 0 Å². The van der Waals surface area contributed by atoms with Gasteiger partial charge in [-0.3, -0.25) is 9.48 Å². The van der Waals surface area contributed by atoms with E-state index in [-0.39, 0.29) is 17.9 Å². The Morgan fingerprint density at radius 1 is 1.07 bits per heavy atom. The summed E-state index contributed by atoms with van der Waals surface area (Å²) in [7, 11) is 1.88. The molecule has 1 amide bonds. The summed E-state index contributed by atoms with van der Waals surface area (Å²) < 4.78 is 1.78. The van der Waals surface area contributed by atoms with E-state index in [9.17, 15) is 9.90 Å². The predicted octanol–water partition coefficient (Wildman–Crippen LogP) is 3.87. The van der Waals surface area contributed by atoms with Crippen molar-refractivity contribution in [2.45, 2.75) is 43.7 Å². The van der Waals surface area contributed by atoms with E-state index in [1.807, 2.05) is 66.5 Å². The predicted molar refractivity (Wildman–Crippen MR) is 112 cm³/mol. The monoisotopic (exact) mass is 389 g/mol. The normalized spacial score (nSPS) is 27.0. The van der Waals surface area contributed by atoms with Crippen molar-refractivity contribution in [2.75, 3.05) is 6.54 Å². The Hall–Kier alpha value is -2.66. The van der Waals surface area contributed by atoms with Gasteiger partial charge in [0.2, 0.25) is 0 Å². The average molecular weight is 389 g/mol. The van der Waals surface area contributed by atoms with Gasteiger partial charge in [0.25, 0.3) is 5.91 Å².